The minimum absolute atomic E-state index is 0.129. The third-order valence-corrected chi connectivity index (χ3v) is 4.60. The van der Waals surface area contributed by atoms with E-state index in [1.54, 1.807) is 23.9 Å². The lowest BCUT2D eigenvalue weighted by Crippen LogP contribution is -2.31. The Balaban J connectivity index is 2.11. The molecule has 0 saturated heterocycles. The molecule has 0 aliphatic rings. The van der Waals surface area contributed by atoms with Gasteiger partial charge < -0.3 is 15.0 Å². The number of pyridine rings is 1. The Kier molecular flexibility index (Phi) is 5.67. The lowest BCUT2D eigenvalue weighted by Gasteiger charge is -2.16. The second-order valence-electron chi connectivity index (χ2n) is 8.11. The Morgan fingerprint density at radius 3 is 2.57 bits per heavy atom. The van der Waals surface area contributed by atoms with E-state index < -0.39 is 0 Å². The summed E-state index contributed by atoms with van der Waals surface area (Å²) in [6.45, 7) is 9.23. The number of nitrogens with zero attached hydrogens (tertiary/aromatic N) is 2. The van der Waals surface area contributed by atoms with Crippen LogP contribution in [0.2, 0.25) is 0 Å². The van der Waals surface area contributed by atoms with Crippen LogP contribution in [0.4, 0.5) is 4.39 Å². The molecule has 0 unspecified atom stereocenters. The van der Waals surface area contributed by atoms with Crippen LogP contribution in [0.3, 0.4) is 0 Å². The van der Waals surface area contributed by atoms with E-state index in [-0.39, 0.29) is 22.8 Å². The predicted octanol–water partition coefficient (Wildman–Crippen LogP) is 3.27. The SMILES string of the molecule is COC[C@@H](C)NCc1cc2c(C(C)(C)C)nn(-c3ccc(F)cc3)c2[nH]c1=O. The van der Waals surface area contributed by atoms with Crippen molar-refractivity contribution in [2.75, 3.05) is 13.7 Å². The highest BCUT2D eigenvalue weighted by molar-refractivity contribution is 5.81. The molecule has 0 aliphatic carbocycles. The highest BCUT2D eigenvalue weighted by Gasteiger charge is 2.24. The number of H-pyrrole nitrogens is 1. The molecule has 2 heterocycles. The van der Waals surface area contributed by atoms with Crippen LogP contribution in [0.15, 0.2) is 35.1 Å². The number of rotatable bonds is 6. The molecule has 3 rings (SSSR count). The van der Waals surface area contributed by atoms with Gasteiger partial charge in [0.2, 0.25) is 0 Å². The van der Waals surface area contributed by atoms with Crippen molar-refractivity contribution in [3.05, 3.63) is 57.8 Å². The van der Waals surface area contributed by atoms with Gasteiger partial charge in [0.15, 0.2) is 0 Å². The summed E-state index contributed by atoms with van der Waals surface area (Å²) < 4.78 is 20.1. The Bertz CT molecular complexity index is 1020. The summed E-state index contributed by atoms with van der Waals surface area (Å²) >= 11 is 0. The molecule has 0 radical (unpaired) electrons. The summed E-state index contributed by atoms with van der Waals surface area (Å²) in [5, 5.41) is 8.93. The first kappa shape index (κ1) is 20.2. The van der Waals surface area contributed by atoms with Gasteiger partial charge in [-0.05, 0) is 37.3 Å². The van der Waals surface area contributed by atoms with Crippen molar-refractivity contribution in [2.24, 2.45) is 0 Å². The van der Waals surface area contributed by atoms with Gasteiger partial charge in [-0.15, -0.1) is 0 Å². The third-order valence-electron chi connectivity index (χ3n) is 4.60. The monoisotopic (exact) mass is 386 g/mol. The third kappa shape index (κ3) is 4.15. The molecule has 2 aromatic heterocycles. The number of hydrogen-bond acceptors (Lipinski definition) is 4. The number of aromatic amines is 1. The van der Waals surface area contributed by atoms with Crippen molar-refractivity contribution in [2.45, 2.75) is 45.7 Å². The van der Waals surface area contributed by atoms with Gasteiger partial charge in [0.05, 0.1) is 18.0 Å². The van der Waals surface area contributed by atoms with Gasteiger partial charge >= 0.3 is 0 Å². The number of halogens is 1. The molecule has 0 aliphatic heterocycles. The minimum Gasteiger partial charge on any atom is -0.383 e. The Morgan fingerprint density at radius 2 is 1.96 bits per heavy atom. The zero-order chi connectivity index (χ0) is 20.5. The first-order chi connectivity index (χ1) is 13.2. The van der Waals surface area contributed by atoms with Crippen LogP contribution in [-0.4, -0.2) is 34.5 Å². The summed E-state index contributed by atoms with van der Waals surface area (Å²) in [7, 11) is 1.65. The molecule has 6 nitrogen and oxygen atoms in total. The molecule has 1 atom stereocenters. The van der Waals surface area contributed by atoms with Crippen molar-refractivity contribution in [3.63, 3.8) is 0 Å². The van der Waals surface area contributed by atoms with Crippen LogP contribution in [0, 0.1) is 5.82 Å². The summed E-state index contributed by atoms with van der Waals surface area (Å²) in [6.07, 6.45) is 0. The molecule has 2 N–H and O–H groups in total. The second kappa shape index (κ2) is 7.85. The van der Waals surface area contributed by atoms with Crippen molar-refractivity contribution in [1.82, 2.24) is 20.1 Å². The molecule has 28 heavy (non-hydrogen) atoms. The average Bonchev–Trinajstić information content (AvgIpc) is 2.99. The van der Waals surface area contributed by atoms with Gasteiger partial charge in [-0.3, -0.25) is 4.79 Å². The zero-order valence-corrected chi connectivity index (χ0v) is 17.0. The first-order valence-corrected chi connectivity index (χ1v) is 9.34. The lowest BCUT2D eigenvalue weighted by atomic mass is 9.90. The fraction of sp³-hybridized carbons (Fsp3) is 0.429. The van der Waals surface area contributed by atoms with E-state index in [0.717, 1.165) is 11.1 Å². The number of aromatic nitrogens is 3. The maximum absolute atomic E-state index is 13.3. The molecule has 3 aromatic rings. The lowest BCUT2D eigenvalue weighted by molar-refractivity contribution is 0.171. The molecule has 0 bridgehead atoms. The van der Waals surface area contributed by atoms with Gasteiger partial charge in [0.1, 0.15) is 11.5 Å². The summed E-state index contributed by atoms with van der Waals surface area (Å²) in [5.74, 6) is -0.316. The highest BCUT2D eigenvalue weighted by atomic mass is 19.1. The largest absolute Gasteiger partial charge is 0.383 e. The highest BCUT2D eigenvalue weighted by Crippen LogP contribution is 2.30. The van der Waals surface area contributed by atoms with Crippen molar-refractivity contribution < 1.29 is 9.13 Å². The maximum Gasteiger partial charge on any atom is 0.254 e. The van der Waals surface area contributed by atoms with Crippen molar-refractivity contribution >= 4 is 11.0 Å². The maximum atomic E-state index is 13.3. The molecule has 1 aromatic carbocycles. The van der Waals surface area contributed by atoms with E-state index >= 15 is 0 Å². The van der Waals surface area contributed by atoms with Gasteiger partial charge in [-0.2, -0.15) is 5.10 Å². The average molecular weight is 386 g/mol. The molecular weight excluding hydrogens is 359 g/mol. The number of benzene rings is 1. The van der Waals surface area contributed by atoms with Crippen LogP contribution in [-0.2, 0) is 16.7 Å². The van der Waals surface area contributed by atoms with E-state index in [4.69, 9.17) is 9.84 Å². The van der Waals surface area contributed by atoms with E-state index in [1.165, 1.54) is 12.1 Å². The van der Waals surface area contributed by atoms with E-state index in [2.05, 4.69) is 31.1 Å². The number of methoxy groups -OCH3 is 1. The van der Waals surface area contributed by atoms with Crippen LogP contribution < -0.4 is 10.9 Å². The number of hydrogen-bond donors (Lipinski definition) is 2. The number of nitrogens with one attached hydrogen (secondary N) is 2. The van der Waals surface area contributed by atoms with Crippen LogP contribution in [0.1, 0.15) is 39.0 Å². The van der Waals surface area contributed by atoms with E-state index in [1.807, 2.05) is 13.0 Å². The smallest absolute Gasteiger partial charge is 0.254 e. The molecule has 7 heteroatoms. The topological polar surface area (TPSA) is 71.9 Å². The molecule has 0 saturated carbocycles. The molecule has 0 fully saturated rings. The Hall–Kier alpha value is -2.51. The van der Waals surface area contributed by atoms with Crippen molar-refractivity contribution in [1.29, 1.82) is 0 Å². The predicted molar refractivity (Wildman–Crippen MR) is 109 cm³/mol. The summed E-state index contributed by atoms with van der Waals surface area (Å²) in [5.41, 5.74) is 2.41. The first-order valence-electron chi connectivity index (χ1n) is 9.34. The van der Waals surface area contributed by atoms with Gasteiger partial charge in [-0.1, -0.05) is 20.8 Å². The van der Waals surface area contributed by atoms with E-state index in [9.17, 15) is 9.18 Å². The van der Waals surface area contributed by atoms with Crippen molar-refractivity contribution in [3.8, 4) is 5.69 Å². The van der Waals surface area contributed by atoms with Gasteiger partial charge in [0, 0.05) is 36.1 Å². The summed E-state index contributed by atoms with van der Waals surface area (Å²) in [4.78, 5) is 15.6. The standard InChI is InChI=1S/C21H27FN4O2/c1-13(12-28-5)23-11-14-10-17-18(21(2,3)4)25-26(19(17)24-20(14)27)16-8-6-15(22)7-9-16/h6-10,13,23H,11-12H2,1-5H3,(H,24,27)/t13-/m1/s1. The number of fused-ring (bicyclic) bond motifs is 1. The van der Waals surface area contributed by atoms with Gasteiger partial charge in [0.25, 0.3) is 5.56 Å². The zero-order valence-electron chi connectivity index (χ0n) is 17.0. The van der Waals surface area contributed by atoms with Crippen LogP contribution in [0.25, 0.3) is 16.7 Å². The molecular formula is C21H27FN4O2. The molecule has 0 amide bonds. The van der Waals surface area contributed by atoms with Crippen LogP contribution in [0.5, 0.6) is 0 Å². The van der Waals surface area contributed by atoms with Crippen LogP contribution >= 0.6 is 0 Å². The fourth-order valence-electron chi connectivity index (χ4n) is 3.16. The second-order valence-corrected chi connectivity index (χ2v) is 8.11. The Labute approximate surface area is 163 Å². The molecule has 0 spiro atoms. The van der Waals surface area contributed by atoms with Gasteiger partial charge in [-0.25, -0.2) is 9.07 Å². The molecule has 150 valence electrons. The minimum atomic E-state index is -0.316. The summed E-state index contributed by atoms with van der Waals surface area (Å²) in [6, 6.07) is 8.08. The Morgan fingerprint density at radius 1 is 1.29 bits per heavy atom. The fourth-order valence-corrected chi connectivity index (χ4v) is 3.16. The number of ether oxygens (including phenoxy) is 1. The normalized spacial score (nSPS) is 13.2. The quantitative estimate of drug-likeness (QED) is 0.682. The van der Waals surface area contributed by atoms with E-state index in [0.29, 0.717) is 30.0 Å².